The molecule has 102 valence electrons. The summed E-state index contributed by atoms with van der Waals surface area (Å²) < 4.78 is 26.0. The molecule has 1 aromatic rings. The average molecular weight is 270 g/mol. The van der Waals surface area contributed by atoms with Crippen LogP contribution in [-0.4, -0.2) is 31.1 Å². The molecule has 0 aliphatic rings. The van der Waals surface area contributed by atoms with Gasteiger partial charge in [-0.25, -0.2) is 8.42 Å². The molecule has 0 amide bonds. The molecule has 0 unspecified atom stereocenters. The standard InChI is InChI=1S/C13H22N2O2S/c1-12(2)15(18(16,17)10-6-9-14)11-13-7-4-3-5-8-13/h3-5,7-8,12H,6,9-11,14H2,1-2H3. The predicted molar refractivity (Wildman–Crippen MR) is 74.6 cm³/mol. The van der Waals surface area contributed by atoms with Crippen molar-refractivity contribution in [3.05, 3.63) is 35.9 Å². The number of sulfonamides is 1. The van der Waals surface area contributed by atoms with Gasteiger partial charge in [-0.1, -0.05) is 30.3 Å². The first kappa shape index (κ1) is 15.1. The van der Waals surface area contributed by atoms with E-state index in [4.69, 9.17) is 5.73 Å². The lowest BCUT2D eigenvalue weighted by molar-refractivity contribution is 0.347. The van der Waals surface area contributed by atoms with Crippen molar-refractivity contribution in [3.8, 4) is 0 Å². The highest BCUT2D eigenvalue weighted by Gasteiger charge is 2.24. The molecule has 4 nitrogen and oxygen atoms in total. The molecule has 0 aliphatic carbocycles. The molecule has 0 saturated heterocycles. The monoisotopic (exact) mass is 270 g/mol. The van der Waals surface area contributed by atoms with Crippen LogP contribution in [0, 0.1) is 0 Å². The molecule has 18 heavy (non-hydrogen) atoms. The zero-order valence-corrected chi connectivity index (χ0v) is 11.9. The van der Waals surface area contributed by atoms with Crippen LogP contribution in [0.25, 0.3) is 0 Å². The molecular formula is C13H22N2O2S. The van der Waals surface area contributed by atoms with Crippen LogP contribution in [0.5, 0.6) is 0 Å². The van der Waals surface area contributed by atoms with E-state index in [0.717, 1.165) is 5.56 Å². The maximum atomic E-state index is 12.2. The van der Waals surface area contributed by atoms with Crippen molar-refractivity contribution in [2.75, 3.05) is 12.3 Å². The van der Waals surface area contributed by atoms with Crippen LogP contribution in [0.1, 0.15) is 25.8 Å². The van der Waals surface area contributed by atoms with E-state index >= 15 is 0 Å². The van der Waals surface area contributed by atoms with Gasteiger partial charge in [0.15, 0.2) is 0 Å². The first-order valence-electron chi connectivity index (χ1n) is 6.21. The lowest BCUT2D eigenvalue weighted by Crippen LogP contribution is -2.38. The van der Waals surface area contributed by atoms with Crippen LogP contribution in [0.15, 0.2) is 30.3 Å². The van der Waals surface area contributed by atoms with E-state index in [-0.39, 0.29) is 11.8 Å². The highest BCUT2D eigenvalue weighted by molar-refractivity contribution is 7.89. The van der Waals surface area contributed by atoms with Crippen molar-refractivity contribution in [3.63, 3.8) is 0 Å². The third-order valence-corrected chi connectivity index (χ3v) is 4.79. The van der Waals surface area contributed by atoms with Crippen LogP contribution in [0.2, 0.25) is 0 Å². The number of nitrogens with zero attached hydrogens (tertiary/aromatic N) is 1. The van der Waals surface area contributed by atoms with Crippen LogP contribution < -0.4 is 5.73 Å². The van der Waals surface area contributed by atoms with Gasteiger partial charge >= 0.3 is 0 Å². The van der Waals surface area contributed by atoms with Gasteiger partial charge in [-0.2, -0.15) is 4.31 Å². The second-order valence-corrected chi connectivity index (χ2v) is 6.62. The zero-order chi connectivity index (χ0) is 13.6. The van der Waals surface area contributed by atoms with Gasteiger partial charge in [0, 0.05) is 12.6 Å². The second-order valence-electron chi connectivity index (χ2n) is 4.58. The SMILES string of the molecule is CC(C)N(Cc1ccccc1)S(=O)(=O)CCCN. The Bertz CT molecular complexity index is 443. The molecule has 0 radical (unpaired) electrons. The minimum Gasteiger partial charge on any atom is -0.330 e. The van der Waals surface area contributed by atoms with E-state index in [1.54, 1.807) is 0 Å². The van der Waals surface area contributed by atoms with Gasteiger partial charge in [-0.15, -0.1) is 0 Å². The summed E-state index contributed by atoms with van der Waals surface area (Å²) in [4.78, 5) is 0. The van der Waals surface area contributed by atoms with E-state index in [2.05, 4.69) is 0 Å². The third kappa shape index (κ3) is 4.40. The van der Waals surface area contributed by atoms with Crippen LogP contribution in [0.4, 0.5) is 0 Å². The van der Waals surface area contributed by atoms with Gasteiger partial charge in [0.2, 0.25) is 10.0 Å². The third-order valence-electron chi connectivity index (χ3n) is 2.72. The maximum Gasteiger partial charge on any atom is 0.214 e. The van der Waals surface area contributed by atoms with E-state index in [1.165, 1.54) is 4.31 Å². The maximum absolute atomic E-state index is 12.2. The lowest BCUT2D eigenvalue weighted by Gasteiger charge is -2.26. The fourth-order valence-corrected chi connectivity index (χ4v) is 3.50. The Hall–Kier alpha value is -0.910. The van der Waals surface area contributed by atoms with Crippen LogP contribution in [0.3, 0.4) is 0 Å². The highest BCUT2D eigenvalue weighted by Crippen LogP contribution is 2.14. The van der Waals surface area contributed by atoms with E-state index in [1.807, 2.05) is 44.2 Å². The number of hydrogen-bond donors (Lipinski definition) is 1. The summed E-state index contributed by atoms with van der Waals surface area (Å²) in [6.07, 6.45) is 0.500. The van der Waals surface area contributed by atoms with Crippen molar-refractivity contribution in [2.24, 2.45) is 5.73 Å². The van der Waals surface area contributed by atoms with Crippen molar-refractivity contribution >= 4 is 10.0 Å². The summed E-state index contributed by atoms with van der Waals surface area (Å²) >= 11 is 0. The highest BCUT2D eigenvalue weighted by atomic mass is 32.2. The molecule has 5 heteroatoms. The summed E-state index contributed by atoms with van der Waals surface area (Å²) in [6, 6.07) is 9.59. The van der Waals surface area contributed by atoms with Gasteiger partial charge in [-0.3, -0.25) is 0 Å². The predicted octanol–water partition coefficient (Wildman–Crippen LogP) is 1.58. The molecule has 0 spiro atoms. The van der Waals surface area contributed by atoms with Gasteiger partial charge < -0.3 is 5.73 Å². The minimum atomic E-state index is -3.23. The Balaban J connectivity index is 2.83. The molecule has 0 heterocycles. The van der Waals surface area contributed by atoms with E-state index in [0.29, 0.717) is 19.5 Å². The first-order chi connectivity index (χ1) is 8.47. The normalized spacial score (nSPS) is 12.3. The molecule has 1 aromatic carbocycles. The smallest absolute Gasteiger partial charge is 0.214 e. The zero-order valence-electron chi connectivity index (χ0n) is 11.0. The molecule has 0 fully saturated rings. The van der Waals surface area contributed by atoms with Gasteiger partial charge in [-0.05, 0) is 32.4 Å². The number of hydrogen-bond acceptors (Lipinski definition) is 3. The van der Waals surface area contributed by atoms with Gasteiger partial charge in [0.1, 0.15) is 0 Å². The summed E-state index contributed by atoms with van der Waals surface area (Å²) in [5, 5.41) is 0. The summed E-state index contributed by atoms with van der Waals surface area (Å²) in [5.74, 6) is 0.120. The Morgan fingerprint density at radius 3 is 2.33 bits per heavy atom. The topological polar surface area (TPSA) is 63.4 Å². The summed E-state index contributed by atoms with van der Waals surface area (Å²) in [6.45, 7) is 4.60. The molecule has 0 aromatic heterocycles. The van der Waals surface area contributed by atoms with Crippen LogP contribution in [-0.2, 0) is 16.6 Å². The number of rotatable bonds is 7. The molecule has 0 atom stereocenters. The average Bonchev–Trinajstić information content (AvgIpc) is 2.34. The van der Waals surface area contributed by atoms with Crippen molar-refractivity contribution < 1.29 is 8.42 Å². The Morgan fingerprint density at radius 2 is 1.83 bits per heavy atom. The molecule has 0 bridgehead atoms. The number of benzene rings is 1. The Kier molecular flexibility index (Phi) is 5.78. The molecule has 0 aliphatic heterocycles. The molecule has 2 N–H and O–H groups in total. The van der Waals surface area contributed by atoms with E-state index < -0.39 is 10.0 Å². The summed E-state index contributed by atoms with van der Waals surface area (Å²) in [5.41, 5.74) is 6.38. The van der Waals surface area contributed by atoms with Crippen molar-refractivity contribution in [2.45, 2.75) is 32.9 Å². The van der Waals surface area contributed by atoms with Crippen LogP contribution >= 0.6 is 0 Å². The fourth-order valence-electron chi connectivity index (χ4n) is 1.75. The van der Waals surface area contributed by atoms with Gasteiger partial charge in [0.25, 0.3) is 0 Å². The fraction of sp³-hybridized carbons (Fsp3) is 0.538. The van der Waals surface area contributed by atoms with E-state index in [9.17, 15) is 8.42 Å². The molecule has 1 rings (SSSR count). The lowest BCUT2D eigenvalue weighted by atomic mass is 10.2. The van der Waals surface area contributed by atoms with Crippen molar-refractivity contribution in [1.29, 1.82) is 0 Å². The van der Waals surface area contributed by atoms with Gasteiger partial charge in [0.05, 0.1) is 5.75 Å². The van der Waals surface area contributed by atoms with Crippen molar-refractivity contribution in [1.82, 2.24) is 4.31 Å². The quantitative estimate of drug-likeness (QED) is 0.818. The minimum absolute atomic E-state index is 0.0482. The number of nitrogens with two attached hydrogens (primary N) is 1. The molecular weight excluding hydrogens is 248 g/mol. The second kappa shape index (κ2) is 6.87. The largest absolute Gasteiger partial charge is 0.330 e. The molecule has 0 saturated carbocycles. The first-order valence-corrected chi connectivity index (χ1v) is 7.82. The Labute approximate surface area is 110 Å². The summed E-state index contributed by atoms with van der Waals surface area (Å²) in [7, 11) is -3.23. The Morgan fingerprint density at radius 1 is 1.22 bits per heavy atom.